The van der Waals surface area contributed by atoms with Crippen molar-refractivity contribution in [2.45, 2.75) is 13.0 Å². The van der Waals surface area contributed by atoms with E-state index < -0.39 is 19.5 Å². The summed E-state index contributed by atoms with van der Waals surface area (Å²) in [4.78, 5) is 10.7. The van der Waals surface area contributed by atoms with Crippen molar-refractivity contribution in [1.29, 1.82) is 0 Å². The lowest BCUT2D eigenvalue weighted by Gasteiger charge is -2.20. The van der Waals surface area contributed by atoms with Crippen molar-refractivity contribution in [3.05, 3.63) is 30.3 Å². The van der Waals surface area contributed by atoms with E-state index in [0.29, 0.717) is 5.75 Å². The molecular weight excluding hydrogens is 243 g/mol. The second-order valence-electron chi connectivity index (χ2n) is 3.45. The predicted molar refractivity (Wildman–Crippen MR) is 64.0 cm³/mol. The highest BCUT2D eigenvalue weighted by Gasteiger charge is 2.27. The first-order valence-corrected chi connectivity index (χ1v) is 6.82. The number of benzene rings is 1. The Hall–Kier alpha value is -1.36. The Labute approximate surface area is 99.3 Å². The van der Waals surface area contributed by atoms with Gasteiger partial charge in [-0.3, -0.25) is 9.36 Å². The second-order valence-corrected chi connectivity index (χ2v) is 5.60. The molecule has 2 atom stereocenters. The second kappa shape index (κ2) is 5.82. The molecule has 0 aliphatic heterocycles. The number of carboxylic acids is 1. The van der Waals surface area contributed by atoms with Gasteiger partial charge in [-0.2, -0.15) is 0 Å². The minimum absolute atomic E-state index is 0.278. The van der Waals surface area contributed by atoms with Crippen molar-refractivity contribution in [3.63, 3.8) is 0 Å². The maximum Gasteiger partial charge on any atom is 0.330 e. The van der Waals surface area contributed by atoms with Crippen LogP contribution in [0.1, 0.15) is 6.92 Å². The molecule has 0 aromatic heterocycles. The van der Waals surface area contributed by atoms with Gasteiger partial charge in [0, 0.05) is 0 Å². The Kier molecular flexibility index (Phi) is 4.69. The fourth-order valence-electron chi connectivity index (χ4n) is 1.12. The fourth-order valence-corrected chi connectivity index (χ4v) is 2.51. The topological polar surface area (TPSA) is 102 Å². The number of nitrogens with one attached hydrogen (secondary N) is 1. The molecule has 4 N–H and O–H groups in total. The summed E-state index contributed by atoms with van der Waals surface area (Å²) in [6.45, 7) is 1.37. The van der Waals surface area contributed by atoms with E-state index in [1.165, 1.54) is 6.92 Å². The summed E-state index contributed by atoms with van der Waals surface area (Å²) in [5, 5.41) is 11.1. The quantitative estimate of drug-likeness (QED) is 0.663. The van der Waals surface area contributed by atoms with Crippen LogP contribution in [0.15, 0.2) is 30.3 Å². The van der Waals surface area contributed by atoms with Gasteiger partial charge < -0.3 is 15.4 Å². The maximum atomic E-state index is 12.1. The molecule has 0 bridgehead atoms. The Balaban J connectivity index is 2.76. The highest BCUT2D eigenvalue weighted by atomic mass is 31.2. The zero-order chi connectivity index (χ0) is 12.9. The summed E-state index contributed by atoms with van der Waals surface area (Å²) in [5.74, 6) is -0.735. The van der Waals surface area contributed by atoms with Crippen molar-refractivity contribution in [1.82, 2.24) is 5.09 Å². The van der Waals surface area contributed by atoms with Crippen molar-refractivity contribution in [2.24, 2.45) is 5.73 Å². The monoisotopic (exact) mass is 258 g/mol. The molecule has 0 saturated heterocycles. The van der Waals surface area contributed by atoms with E-state index in [1.807, 2.05) is 0 Å². The first-order chi connectivity index (χ1) is 7.97. The van der Waals surface area contributed by atoms with Gasteiger partial charge in [0.05, 0.1) is 6.29 Å². The number of carboxylic acid groups (broad SMARTS) is 1. The van der Waals surface area contributed by atoms with Gasteiger partial charge in [-0.15, -0.1) is 0 Å². The summed E-state index contributed by atoms with van der Waals surface area (Å²) in [5.41, 5.74) is 5.36. The SMILES string of the molecule is C[C@H](N[P@](=O)(CN)Oc1ccccc1)C(=O)O. The van der Waals surface area contributed by atoms with Crippen molar-refractivity contribution < 1.29 is 19.0 Å². The molecule has 1 rings (SSSR count). The summed E-state index contributed by atoms with van der Waals surface area (Å²) in [6.07, 6.45) is -0.278. The average molecular weight is 258 g/mol. The summed E-state index contributed by atoms with van der Waals surface area (Å²) in [7, 11) is -3.39. The van der Waals surface area contributed by atoms with Gasteiger partial charge in [0.2, 0.25) is 0 Å². The molecule has 1 aromatic rings. The number of carbonyl (C=O) groups is 1. The van der Waals surface area contributed by atoms with Crippen LogP contribution in [0.25, 0.3) is 0 Å². The number of rotatable bonds is 6. The van der Waals surface area contributed by atoms with Crippen LogP contribution in [-0.4, -0.2) is 23.4 Å². The van der Waals surface area contributed by atoms with Crippen LogP contribution >= 0.6 is 7.52 Å². The normalized spacial score (nSPS) is 15.9. The number of nitrogens with two attached hydrogens (primary N) is 1. The Morgan fingerprint density at radius 2 is 2.12 bits per heavy atom. The molecule has 0 fully saturated rings. The third-order valence-corrected chi connectivity index (χ3v) is 3.76. The Morgan fingerprint density at radius 3 is 2.59 bits per heavy atom. The van der Waals surface area contributed by atoms with E-state index in [1.54, 1.807) is 30.3 Å². The maximum absolute atomic E-state index is 12.1. The van der Waals surface area contributed by atoms with Crippen LogP contribution in [0, 0.1) is 0 Å². The molecule has 0 spiro atoms. The van der Waals surface area contributed by atoms with Crippen LogP contribution in [0.4, 0.5) is 0 Å². The zero-order valence-corrected chi connectivity index (χ0v) is 10.3. The lowest BCUT2D eigenvalue weighted by atomic mass is 10.3. The molecule has 0 aliphatic rings. The zero-order valence-electron chi connectivity index (χ0n) is 9.37. The molecular formula is C10H15N2O4P. The molecule has 0 heterocycles. The van der Waals surface area contributed by atoms with Gasteiger partial charge in [0.1, 0.15) is 11.8 Å². The minimum atomic E-state index is -3.39. The molecule has 0 amide bonds. The number of para-hydroxylation sites is 1. The molecule has 7 heteroatoms. The van der Waals surface area contributed by atoms with Crippen LogP contribution < -0.4 is 15.3 Å². The van der Waals surface area contributed by atoms with E-state index in [4.69, 9.17) is 15.4 Å². The molecule has 17 heavy (non-hydrogen) atoms. The lowest BCUT2D eigenvalue weighted by molar-refractivity contribution is -0.138. The fraction of sp³-hybridized carbons (Fsp3) is 0.300. The number of aliphatic carboxylic acids is 1. The van der Waals surface area contributed by atoms with Crippen molar-refractivity contribution in [3.8, 4) is 5.75 Å². The minimum Gasteiger partial charge on any atom is -0.480 e. The summed E-state index contributed by atoms with van der Waals surface area (Å²) >= 11 is 0. The predicted octanol–water partition coefficient (Wildman–Crippen LogP) is 1.24. The number of hydrogen-bond acceptors (Lipinski definition) is 4. The van der Waals surface area contributed by atoms with Crippen molar-refractivity contribution in [2.75, 3.05) is 6.29 Å². The van der Waals surface area contributed by atoms with Crippen LogP contribution in [0.5, 0.6) is 5.75 Å². The van der Waals surface area contributed by atoms with E-state index in [2.05, 4.69) is 5.09 Å². The third kappa shape index (κ3) is 4.19. The summed E-state index contributed by atoms with van der Waals surface area (Å²) in [6, 6.07) is 7.47. The largest absolute Gasteiger partial charge is 0.480 e. The van der Waals surface area contributed by atoms with Gasteiger partial charge in [-0.05, 0) is 19.1 Å². The molecule has 0 unspecified atom stereocenters. The first-order valence-electron chi connectivity index (χ1n) is 5.01. The average Bonchev–Trinajstić information content (AvgIpc) is 2.30. The Morgan fingerprint density at radius 1 is 1.53 bits per heavy atom. The van der Waals surface area contributed by atoms with Gasteiger partial charge in [-0.1, -0.05) is 18.2 Å². The highest BCUT2D eigenvalue weighted by Crippen LogP contribution is 2.41. The van der Waals surface area contributed by atoms with Gasteiger partial charge in [0.25, 0.3) is 0 Å². The molecule has 0 radical (unpaired) electrons. The first kappa shape index (κ1) is 13.7. The van der Waals surface area contributed by atoms with Crippen LogP contribution in [-0.2, 0) is 9.36 Å². The van der Waals surface area contributed by atoms with Crippen LogP contribution in [0.3, 0.4) is 0 Å². The third-order valence-electron chi connectivity index (χ3n) is 2.00. The molecule has 1 aromatic carbocycles. The highest BCUT2D eigenvalue weighted by molar-refractivity contribution is 7.57. The molecule has 94 valence electrons. The smallest absolute Gasteiger partial charge is 0.330 e. The van der Waals surface area contributed by atoms with Gasteiger partial charge in [-0.25, -0.2) is 5.09 Å². The summed E-state index contributed by atoms with van der Waals surface area (Å²) < 4.78 is 17.4. The molecule has 6 nitrogen and oxygen atoms in total. The van der Waals surface area contributed by atoms with E-state index in [0.717, 1.165) is 0 Å². The lowest BCUT2D eigenvalue weighted by Crippen LogP contribution is -2.34. The standard InChI is InChI=1S/C10H15N2O4P/c1-8(10(13)14)12-17(15,7-11)16-9-5-3-2-4-6-9/h2-6,8H,7,11H2,1H3,(H,12,15)(H,13,14)/t8-,17-/m0/s1. The number of hydrogen-bond donors (Lipinski definition) is 3. The van der Waals surface area contributed by atoms with Crippen molar-refractivity contribution >= 4 is 13.5 Å². The van der Waals surface area contributed by atoms with E-state index in [-0.39, 0.29) is 6.29 Å². The van der Waals surface area contributed by atoms with Gasteiger partial charge in [0.15, 0.2) is 0 Å². The Bertz CT molecular complexity index is 424. The van der Waals surface area contributed by atoms with Gasteiger partial charge >= 0.3 is 13.5 Å². The molecule has 0 saturated carbocycles. The molecule has 0 aliphatic carbocycles. The van der Waals surface area contributed by atoms with E-state index in [9.17, 15) is 9.36 Å². The van der Waals surface area contributed by atoms with Crippen LogP contribution in [0.2, 0.25) is 0 Å². The van der Waals surface area contributed by atoms with E-state index >= 15 is 0 Å².